The summed E-state index contributed by atoms with van der Waals surface area (Å²) >= 11 is 0. The molecule has 0 heterocycles. The van der Waals surface area contributed by atoms with E-state index in [9.17, 15) is 18.0 Å². The maximum Gasteiger partial charge on any atom is 0.264 e. The zero-order chi connectivity index (χ0) is 29.4. The van der Waals surface area contributed by atoms with Crippen molar-refractivity contribution in [1.29, 1.82) is 0 Å². The van der Waals surface area contributed by atoms with Crippen molar-refractivity contribution >= 4 is 27.5 Å². The van der Waals surface area contributed by atoms with Crippen LogP contribution in [0.1, 0.15) is 55.9 Å². The number of sulfonamides is 1. The smallest absolute Gasteiger partial charge is 0.264 e. The van der Waals surface area contributed by atoms with Crippen molar-refractivity contribution in [2.75, 3.05) is 10.8 Å². The van der Waals surface area contributed by atoms with Gasteiger partial charge in [-0.25, -0.2) is 8.42 Å². The molecule has 3 aromatic carbocycles. The van der Waals surface area contributed by atoms with Crippen LogP contribution in [0.15, 0.2) is 77.7 Å². The summed E-state index contributed by atoms with van der Waals surface area (Å²) in [5.41, 5.74) is 3.95. The van der Waals surface area contributed by atoms with Gasteiger partial charge in [0, 0.05) is 12.6 Å². The van der Waals surface area contributed by atoms with Crippen molar-refractivity contribution in [2.24, 2.45) is 0 Å². The first-order chi connectivity index (χ1) is 19.0. The number of carbonyl (C=O) groups is 2. The number of benzene rings is 3. The molecule has 3 aromatic rings. The largest absolute Gasteiger partial charge is 0.352 e. The van der Waals surface area contributed by atoms with Crippen LogP contribution in [-0.2, 0) is 26.2 Å². The quantitative estimate of drug-likeness (QED) is 0.314. The molecule has 40 heavy (non-hydrogen) atoms. The number of hydrogen-bond acceptors (Lipinski definition) is 4. The van der Waals surface area contributed by atoms with E-state index in [4.69, 9.17) is 0 Å². The number of hydrogen-bond donors (Lipinski definition) is 1. The molecular formula is C32H41N3O4S. The van der Waals surface area contributed by atoms with Gasteiger partial charge in [0.25, 0.3) is 10.0 Å². The van der Waals surface area contributed by atoms with Crippen molar-refractivity contribution in [1.82, 2.24) is 10.2 Å². The molecule has 0 aliphatic carbocycles. The molecule has 2 amide bonds. The summed E-state index contributed by atoms with van der Waals surface area (Å²) < 4.78 is 29.2. The predicted octanol–water partition coefficient (Wildman–Crippen LogP) is 5.53. The van der Waals surface area contributed by atoms with Crippen LogP contribution in [0.5, 0.6) is 0 Å². The van der Waals surface area contributed by atoms with Crippen molar-refractivity contribution in [3.63, 3.8) is 0 Å². The summed E-state index contributed by atoms with van der Waals surface area (Å²) in [7, 11) is -4.10. The van der Waals surface area contributed by atoms with Crippen molar-refractivity contribution < 1.29 is 18.0 Å². The average Bonchev–Trinajstić information content (AvgIpc) is 2.91. The summed E-state index contributed by atoms with van der Waals surface area (Å²) in [6.07, 6.45) is 1.14. The van der Waals surface area contributed by atoms with Gasteiger partial charge in [-0.05, 0) is 81.5 Å². The lowest BCUT2D eigenvalue weighted by Crippen LogP contribution is -2.53. The summed E-state index contributed by atoms with van der Waals surface area (Å²) in [4.78, 5) is 29.1. The summed E-state index contributed by atoms with van der Waals surface area (Å²) in [5.74, 6) is -0.703. The Morgan fingerprint density at radius 2 is 1.43 bits per heavy atom. The minimum Gasteiger partial charge on any atom is -0.352 e. The van der Waals surface area contributed by atoms with Crippen molar-refractivity contribution in [3.8, 4) is 0 Å². The Kier molecular flexibility index (Phi) is 10.5. The molecule has 0 saturated carbocycles. The Morgan fingerprint density at radius 1 is 0.825 bits per heavy atom. The van der Waals surface area contributed by atoms with E-state index in [0.29, 0.717) is 12.1 Å². The Hall–Kier alpha value is -3.65. The second-order valence-electron chi connectivity index (χ2n) is 10.4. The van der Waals surface area contributed by atoms with Gasteiger partial charge in [-0.15, -0.1) is 0 Å². The topological polar surface area (TPSA) is 86.8 Å². The molecule has 2 atom stereocenters. The lowest BCUT2D eigenvalue weighted by atomic mass is 10.1. The Balaban J connectivity index is 2.08. The fourth-order valence-electron chi connectivity index (χ4n) is 4.60. The number of amides is 2. The van der Waals surface area contributed by atoms with Gasteiger partial charge in [-0.3, -0.25) is 13.9 Å². The number of aryl methyl sites for hydroxylation is 3. The zero-order valence-corrected chi connectivity index (χ0v) is 25.2. The van der Waals surface area contributed by atoms with Gasteiger partial charge in [0.1, 0.15) is 12.6 Å². The molecular weight excluding hydrogens is 522 g/mol. The van der Waals surface area contributed by atoms with Crippen LogP contribution in [0.4, 0.5) is 5.69 Å². The molecule has 0 unspecified atom stereocenters. The molecule has 214 valence electrons. The lowest BCUT2D eigenvalue weighted by molar-refractivity contribution is -0.140. The summed E-state index contributed by atoms with van der Waals surface area (Å²) in [6, 6.07) is 20.7. The Bertz CT molecular complexity index is 1390. The van der Waals surface area contributed by atoms with Gasteiger partial charge in [-0.2, -0.15) is 0 Å². The third kappa shape index (κ3) is 7.72. The van der Waals surface area contributed by atoms with Crippen LogP contribution in [-0.4, -0.2) is 43.8 Å². The molecule has 0 saturated heterocycles. The van der Waals surface area contributed by atoms with Crippen LogP contribution in [0.3, 0.4) is 0 Å². The molecule has 0 fully saturated rings. The second kappa shape index (κ2) is 13.6. The van der Waals surface area contributed by atoms with Gasteiger partial charge < -0.3 is 10.2 Å². The standard InChI is InChI=1S/C32H41N3O4S/c1-7-26(6)33-32(37)30(8-2)34(21-27-12-10-9-11-13-27)31(36)22-35(28-19-24(4)18-25(5)20-28)40(38,39)29-16-14-23(3)15-17-29/h9-20,26,30H,7-8,21-22H2,1-6H3,(H,33,37)/t26-,30-/m1/s1. The van der Waals surface area contributed by atoms with E-state index in [-0.39, 0.29) is 23.4 Å². The Labute approximate surface area is 239 Å². The van der Waals surface area contributed by atoms with Crippen LogP contribution in [0, 0.1) is 20.8 Å². The third-order valence-electron chi connectivity index (χ3n) is 6.96. The number of nitrogens with one attached hydrogen (secondary N) is 1. The van der Waals surface area contributed by atoms with E-state index in [1.54, 1.807) is 36.4 Å². The summed E-state index contributed by atoms with van der Waals surface area (Å²) in [6.45, 7) is 11.2. The monoisotopic (exact) mass is 563 g/mol. The normalized spacial score (nSPS) is 12.8. The molecule has 0 spiro atoms. The molecule has 8 heteroatoms. The van der Waals surface area contributed by atoms with E-state index in [1.807, 2.05) is 77.9 Å². The first-order valence-corrected chi connectivity index (χ1v) is 15.2. The highest BCUT2D eigenvalue weighted by Gasteiger charge is 2.34. The minimum atomic E-state index is -4.10. The molecule has 0 aliphatic rings. The fourth-order valence-corrected chi connectivity index (χ4v) is 6.00. The van der Waals surface area contributed by atoms with E-state index < -0.39 is 28.5 Å². The van der Waals surface area contributed by atoms with E-state index in [1.165, 1.54) is 4.90 Å². The van der Waals surface area contributed by atoms with Crippen LogP contribution in [0.2, 0.25) is 0 Å². The van der Waals surface area contributed by atoms with E-state index in [0.717, 1.165) is 33.0 Å². The maximum absolute atomic E-state index is 14.1. The molecule has 0 aliphatic heterocycles. The fraction of sp³-hybridized carbons (Fsp3) is 0.375. The third-order valence-corrected chi connectivity index (χ3v) is 8.75. The highest BCUT2D eigenvalue weighted by molar-refractivity contribution is 7.92. The highest BCUT2D eigenvalue weighted by atomic mass is 32.2. The number of anilines is 1. The lowest BCUT2D eigenvalue weighted by Gasteiger charge is -2.34. The number of nitrogens with zero attached hydrogens (tertiary/aromatic N) is 2. The van der Waals surface area contributed by atoms with E-state index >= 15 is 0 Å². The predicted molar refractivity (Wildman–Crippen MR) is 161 cm³/mol. The van der Waals surface area contributed by atoms with Gasteiger partial charge in [0.2, 0.25) is 11.8 Å². The van der Waals surface area contributed by atoms with Crippen molar-refractivity contribution in [3.05, 3.63) is 95.1 Å². The van der Waals surface area contributed by atoms with Crippen LogP contribution in [0.25, 0.3) is 0 Å². The molecule has 3 rings (SSSR count). The van der Waals surface area contributed by atoms with Crippen LogP contribution < -0.4 is 9.62 Å². The second-order valence-corrected chi connectivity index (χ2v) is 12.3. The molecule has 0 bridgehead atoms. The number of carbonyl (C=O) groups excluding carboxylic acids is 2. The van der Waals surface area contributed by atoms with Crippen LogP contribution >= 0.6 is 0 Å². The SMILES string of the molecule is CC[C@@H](C)NC(=O)[C@@H](CC)N(Cc1ccccc1)C(=O)CN(c1cc(C)cc(C)c1)S(=O)(=O)c1ccc(C)cc1. The van der Waals surface area contributed by atoms with Gasteiger partial charge in [-0.1, -0.05) is 67.9 Å². The molecule has 1 N–H and O–H groups in total. The molecule has 0 radical (unpaired) electrons. The van der Waals surface area contributed by atoms with Gasteiger partial charge in [0.15, 0.2) is 0 Å². The molecule has 7 nitrogen and oxygen atoms in total. The zero-order valence-electron chi connectivity index (χ0n) is 24.3. The first kappa shape index (κ1) is 30.9. The van der Waals surface area contributed by atoms with Crippen molar-refractivity contribution in [2.45, 2.75) is 77.9 Å². The Morgan fingerprint density at radius 3 is 1.98 bits per heavy atom. The van der Waals surface area contributed by atoms with Gasteiger partial charge in [0.05, 0.1) is 10.6 Å². The highest BCUT2D eigenvalue weighted by Crippen LogP contribution is 2.27. The minimum absolute atomic E-state index is 0.0519. The first-order valence-electron chi connectivity index (χ1n) is 13.8. The molecule has 0 aromatic heterocycles. The number of rotatable bonds is 12. The van der Waals surface area contributed by atoms with Gasteiger partial charge >= 0.3 is 0 Å². The average molecular weight is 564 g/mol. The van der Waals surface area contributed by atoms with E-state index in [2.05, 4.69) is 5.32 Å². The maximum atomic E-state index is 14.1. The summed E-state index contributed by atoms with van der Waals surface area (Å²) in [5, 5.41) is 3.00.